The van der Waals surface area contributed by atoms with Crippen molar-refractivity contribution >= 4 is 9.84 Å². The van der Waals surface area contributed by atoms with Gasteiger partial charge in [-0.25, -0.2) is 8.42 Å². The Balaban J connectivity index is 2.13. The molecule has 1 atom stereocenters. The molecule has 0 radical (unpaired) electrons. The van der Waals surface area contributed by atoms with Crippen LogP contribution in [0.15, 0.2) is 23.1 Å². The van der Waals surface area contributed by atoms with Crippen LogP contribution in [0, 0.1) is 16.7 Å². The fourth-order valence-corrected chi connectivity index (χ4v) is 3.48. The van der Waals surface area contributed by atoms with Crippen molar-refractivity contribution in [3.8, 4) is 11.8 Å². The summed E-state index contributed by atoms with van der Waals surface area (Å²) in [6.45, 7) is 2.65. The molecule has 2 rings (SSSR count). The number of nitrogens with zero attached hydrogens (tertiary/aromatic N) is 1. The van der Waals surface area contributed by atoms with E-state index in [1.165, 1.54) is 13.4 Å². The summed E-state index contributed by atoms with van der Waals surface area (Å²) in [6, 6.07) is 7.53. The van der Waals surface area contributed by atoms with Gasteiger partial charge in [-0.1, -0.05) is 12.5 Å². The van der Waals surface area contributed by atoms with Crippen molar-refractivity contribution in [3.63, 3.8) is 0 Å². The molecule has 1 aromatic carbocycles. The minimum Gasteiger partial charge on any atom is -0.495 e. The Labute approximate surface area is 132 Å². The number of nitrogens with one attached hydrogen (secondary N) is 1. The maximum atomic E-state index is 11.7. The molecule has 6 heteroatoms. The first kappa shape index (κ1) is 16.8. The third-order valence-electron chi connectivity index (χ3n) is 4.38. The molecule has 1 unspecified atom stereocenters. The molecule has 1 N–H and O–H groups in total. The number of nitriles is 1. The van der Waals surface area contributed by atoms with E-state index in [-0.39, 0.29) is 16.4 Å². The summed E-state index contributed by atoms with van der Waals surface area (Å²) in [5.41, 5.74) is 0.710. The number of sulfone groups is 1. The fourth-order valence-electron chi connectivity index (χ4n) is 2.66. The van der Waals surface area contributed by atoms with Gasteiger partial charge in [-0.2, -0.15) is 5.26 Å². The van der Waals surface area contributed by atoms with Crippen molar-refractivity contribution < 1.29 is 13.2 Å². The van der Waals surface area contributed by atoms with Crippen molar-refractivity contribution in [2.24, 2.45) is 5.41 Å². The first-order valence-electron chi connectivity index (χ1n) is 7.34. The van der Waals surface area contributed by atoms with E-state index in [0.717, 1.165) is 24.8 Å². The van der Waals surface area contributed by atoms with Crippen LogP contribution in [0.3, 0.4) is 0 Å². The van der Waals surface area contributed by atoms with E-state index in [1.54, 1.807) is 18.2 Å². The minimum absolute atomic E-state index is 0.0216. The van der Waals surface area contributed by atoms with Crippen LogP contribution < -0.4 is 10.1 Å². The predicted molar refractivity (Wildman–Crippen MR) is 84.4 cm³/mol. The van der Waals surface area contributed by atoms with Gasteiger partial charge in [0.2, 0.25) is 0 Å². The van der Waals surface area contributed by atoms with Crippen LogP contribution in [0.1, 0.15) is 37.8 Å². The number of rotatable bonds is 6. The molecule has 0 aliphatic heterocycles. The highest BCUT2D eigenvalue weighted by Gasteiger charge is 2.37. The van der Waals surface area contributed by atoms with Gasteiger partial charge in [0.15, 0.2) is 9.84 Å². The van der Waals surface area contributed by atoms with E-state index in [9.17, 15) is 13.7 Å². The summed E-state index contributed by atoms with van der Waals surface area (Å²) in [7, 11) is -1.85. The van der Waals surface area contributed by atoms with Gasteiger partial charge in [0, 0.05) is 18.8 Å². The van der Waals surface area contributed by atoms with E-state index in [0.29, 0.717) is 12.3 Å². The van der Waals surface area contributed by atoms with Crippen LogP contribution in [0.4, 0.5) is 0 Å². The Hall–Kier alpha value is -1.58. The summed E-state index contributed by atoms with van der Waals surface area (Å²) in [6.07, 6.45) is 4.17. The average Bonchev–Trinajstić information content (AvgIpc) is 2.44. The van der Waals surface area contributed by atoms with Gasteiger partial charge >= 0.3 is 0 Å². The van der Waals surface area contributed by atoms with Crippen molar-refractivity contribution in [2.75, 3.05) is 19.9 Å². The van der Waals surface area contributed by atoms with E-state index in [1.807, 2.05) is 6.92 Å². The monoisotopic (exact) mass is 322 g/mol. The maximum absolute atomic E-state index is 11.7. The van der Waals surface area contributed by atoms with Gasteiger partial charge in [0.1, 0.15) is 10.6 Å². The van der Waals surface area contributed by atoms with Gasteiger partial charge in [0.25, 0.3) is 0 Å². The van der Waals surface area contributed by atoms with Crippen LogP contribution >= 0.6 is 0 Å². The number of methoxy groups -OCH3 is 1. The van der Waals surface area contributed by atoms with Crippen LogP contribution in [0.25, 0.3) is 0 Å². The van der Waals surface area contributed by atoms with Crippen molar-refractivity contribution in [2.45, 2.75) is 37.1 Å². The molecule has 0 saturated heterocycles. The SMILES string of the molecule is COc1cc(C(C)NCC2(C#N)CCC2)ccc1S(C)(=O)=O. The first-order valence-corrected chi connectivity index (χ1v) is 9.23. The molecule has 0 amide bonds. The number of benzene rings is 1. The van der Waals surface area contributed by atoms with Crippen molar-refractivity contribution in [1.29, 1.82) is 5.26 Å². The molecular weight excluding hydrogens is 300 g/mol. The van der Waals surface area contributed by atoms with Crippen LogP contribution in [-0.2, 0) is 9.84 Å². The molecule has 5 nitrogen and oxygen atoms in total. The molecule has 1 aliphatic carbocycles. The predicted octanol–water partition coefficient (Wildman–Crippen LogP) is 2.44. The van der Waals surface area contributed by atoms with Gasteiger partial charge in [-0.3, -0.25) is 0 Å². The average molecular weight is 322 g/mol. The lowest BCUT2D eigenvalue weighted by Crippen LogP contribution is -2.39. The third-order valence-corrected chi connectivity index (χ3v) is 5.52. The van der Waals surface area contributed by atoms with Gasteiger partial charge in [0.05, 0.1) is 18.6 Å². The smallest absolute Gasteiger partial charge is 0.179 e. The largest absolute Gasteiger partial charge is 0.495 e. The molecule has 1 saturated carbocycles. The summed E-state index contributed by atoms with van der Waals surface area (Å²) in [4.78, 5) is 0.193. The Morgan fingerprint density at radius 1 is 1.45 bits per heavy atom. The second-order valence-electron chi connectivity index (χ2n) is 6.03. The number of hydrogen-bond acceptors (Lipinski definition) is 5. The lowest BCUT2D eigenvalue weighted by molar-refractivity contribution is 0.201. The van der Waals surface area contributed by atoms with Crippen LogP contribution in [0.5, 0.6) is 5.75 Å². The first-order chi connectivity index (χ1) is 10.3. The summed E-state index contributed by atoms with van der Waals surface area (Å²) < 4.78 is 28.6. The fraction of sp³-hybridized carbons (Fsp3) is 0.562. The highest BCUT2D eigenvalue weighted by Crippen LogP contribution is 2.40. The van der Waals surface area contributed by atoms with E-state index in [4.69, 9.17) is 4.74 Å². The minimum atomic E-state index is -3.31. The zero-order valence-corrected chi connectivity index (χ0v) is 14.0. The van der Waals surface area contributed by atoms with Crippen LogP contribution in [-0.4, -0.2) is 28.3 Å². The van der Waals surface area contributed by atoms with E-state index in [2.05, 4.69) is 11.4 Å². The summed E-state index contributed by atoms with van der Waals surface area (Å²) in [5, 5.41) is 12.6. The molecule has 120 valence electrons. The Bertz CT molecular complexity index is 688. The highest BCUT2D eigenvalue weighted by molar-refractivity contribution is 7.90. The van der Waals surface area contributed by atoms with Crippen molar-refractivity contribution in [3.05, 3.63) is 23.8 Å². The van der Waals surface area contributed by atoms with Crippen molar-refractivity contribution in [1.82, 2.24) is 5.32 Å². The molecule has 0 bridgehead atoms. The summed E-state index contributed by atoms with van der Waals surface area (Å²) in [5.74, 6) is 0.354. The van der Waals surface area contributed by atoms with Crippen LogP contribution in [0.2, 0.25) is 0 Å². The zero-order chi connectivity index (χ0) is 16.4. The molecule has 1 aliphatic rings. The molecular formula is C16H22N2O3S. The second kappa shape index (κ2) is 6.27. The van der Waals surface area contributed by atoms with Gasteiger partial charge in [-0.15, -0.1) is 0 Å². The quantitative estimate of drug-likeness (QED) is 0.870. The second-order valence-corrected chi connectivity index (χ2v) is 8.01. The third kappa shape index (κ3) is 3.42. The lowest BCUT2D eigenvalue weighted by Gasteiger charge is -2.36. The molecule has 22 heavy (non-hydrogen) atoms. The number of hydrogen-bond donors (Lipinski definition) is 1. The maximum Gasteiger partial charge on any atom is 0.179 e. The molecule has 0 aromatic heterocycles. The molecule has 1 fully saturated rings. The normalized spacial score (nSPS) is 18.1. The van der Waals surface area contributed by atoms with E-state index < -0.39 is 9.84 Å². The number of ether oxygens (including phenoxy) is 1. The Kier molecular flexibility index (Phi) is 4.78. The highest BCUT2D eigenvalue weighted by atomic mass is 32.2. The standard InChI is InChI=1S/C16H22N2O3S/c1-12(18-11-16(10-17)7-4-8-16)13-5-6-15(22(3,19)20)14(9-13)21-2/h5-6,9,12,18H,4,7-8,11H2,1-3H3. The Morgan fingerprint density at radius 2 is 2.14 bits per heavy atom. The summed E-state index contributed by atoms with van der Waals surface area (Å²) >= 11 is 0. The molecule has 1 aromatic rings. The van der Waals surface area contributed by atoms with Gasteiger partial charge < -0.3 is 10.1 Å². The molecule has 0 heterocycles. The Morgan fingerprint density at radius 3 is 2.59 bits per heavy atom. The zero-order valence-electron chi connectivity index (χ0n) is 13.2. The van der Waals surface area contributed by atoms with Gasteiger partial charge in [-0.05, 0) is 37.5 Å². The topological polar surface area (TPSA) is 79.2 Å². The molecule has 0 spiro atoms. The van der Waals surface area contributed by atoms with E-state index >= 15 is 0 Å². The lowest BCUT2D eigenvalue weighted by atomic mass is 9.70.